The molecule has 1 aliphatic rings. The van der Waals surface area contributed by atoms with Crippen LogP contribution in [0.15, 0.2) is 30.3 Å². The van der Waals surface area contributed by atoms with Crippen LogP contribution in [0.1, 0.15) is 16.8 Å². The summed E-state index contributed by atoms with van der Waals surface area (Å²) >= 11 is 0. The molecule has 0 spiro atoms. The molecule has 1 aliphatic heterocycles. The highest BCUT2D eigenvalue weighted by Gasteiger charge is 2.28. The van der Waals surface area contributed by atoms with Crippen LogP contribution in [-0.4, -0.2) is 56.3 Å². The van der Waals surface area contributed by atoms with Crippen molar-refractivity contribution in [3.63, 3.8) is 0 Å². The molecule has 0 radical (unpaired) electrons. The molecule has 0 aliphatic carbocycles. The van der Waals surface area contributed by atoms with Crippen LogP contribution in [0, 0.1) is 0 Å². The Labute approximate surface area is 157 Å². The molecule has 10 heteroatoms. The molecule has 1 atom stereocenters. The van der Waals surface area contributed by atoms with Gasteiger partial charge in [0, 0.05) is 6.04 Å². The Morgan fingerprint density at radius 3 is 2.22 bits per heavy atom. The van der Waals surface area contributed by atoms with Crippen molar-refractivity contribution in [1.82, 2.24) is 10.2 Å². The second-order valence-corrected chi connectivity index (χ2v) is 8.27. The number of rotatable bonds is 6. The molecule has 1 fully saturated rings. The molecule has 1 aromatic heterocycles. The van der Waals surface area contributed by atoms with E-state index in [4.69, 9.17) is 9.47 Å². The Morgan fingerprint density at radius 2 is 1.70 bits per heavy atom. The number of methoxy groups -OCH3 is 2. The predicted octanol–water partition coefficient (Wildman–Crippen LogP) is 1.35. The molecule has 2 N–H and O–H groups in total. The third-order valence-electron chi connectivity index (χ3n) is 4.15. The van der Waals surface area contributed by atoms with E-state index in [0.29, 0.717) is 23.7 Å². The van der Waals surface area contributed by atoms with Crippen molar-refractivity contribution in [3.8, 4) is 11.5 Å². The highest BCUT2D eigenvalue weighted by atomic mass is 32.2. The Kier molecular flexibility index (Phi) is 5.45. The van der Waals surface area contributed by atoms with E-state index >= 15 is 0 Å². The van der Waals surface area contributed by atoms with Crippen molar-refractivity contribution in [2.75, 3.05) is 36.4 Å². The molecule has 9 nitrogen and oxygen atoms in total. The van der Waals surface area contributed by atoms with Crippen LogP contribution in [0.2, 0.25) is 0 Å². The number of hydrogen-bond donors (Lipinski definition) is 2. The van der Waals surface area contributed by atoms with Crippen LogP contribution < -0.4 is 20.1 Å². The predicted molar refractivity (Wildman–Crippen MR) is 100 cm³/mol. The minimum absolute atomic E-state index is 0.0841. The van der Waals surface area contributed by atoms with Crippen LogP contribution in [-0.2, 0) is 9.84 Å². The van der Waals surface area contributed by atoms with Gasteiger partial charge in [0.25, 0.3) is 5.91 Å². The van der Waals surface area contributed by atoms with E-state index in [0.717, 1.165) is 0 Å². The van der Waals surface area contributed by atoms with Gasteiger partial charge in [0.15, 0.2) is 15.7 Å². The molecule has 144 valence electrons. The number of carbonyl (C=O) groups excluding carboxylic acids is 1. The maximum Gasteiger partial charge on any atom is 0.264 e. The van der Waals surface area contributed by atoms with Crippen molar-refractivity contribution in [3.05, 3.63) is 35.9 Å². The van der Waals surface area contributed by atoms with Crippen LogP contribution in [0.4, 0.5) is 11.6 Å². The second kappa shape index (κ2) is 7.78. The Bertz CT molecular complexity index is 909. The summed E-state index contributed by atoms with van der Waals surface area (Å²) in [6.45, 7) is 0. The largest absolute Gasteiger partial charge is 0.496 e. The molecule has 0 saturated carbocycles. The normalized spacial score (nSPS) is 17.9. The smallest absolute Gasteiger partial charge is 0.264 e. The topological polar surface area (TPSA) is 120 Å². The molecule has 1 amide bonds. The zero-order chi connectivity index (χ0) is 19.4. The third kappa shape index (κ3) is 4.45. The van der Waals surface area contributed by atoms with E-state index in [9.17, 15) is 13.2 Å². The first-order chi connectivity index (χ1) is 12.9. The molecule has 1 saturated heterocycles. The molecule has 1 unspecified atom stereocenters. The van der Waals surface area contributed by atoms with Gasteiger partial charge in [-0.25, -0.2) is 8.42 Å². The maximum atomic E-state index is 12.6. The Hall–Kier alpha value is -2.88. The minimum Gasteiger partial charge on any atom is -0.496 e. The first-order valence-corrected chi connectivity index (χ1v) is 10.1. The molecular weight excluding hydrogens is 372 g/mol. The number of benzene rings is 1. The summed E-state index contributed by atoms with van der Waals surface area (Å²) in [5.74, 6) is 1.26. The summed E-state index contributed by atoms with van der Waals surface area (Å²) in [7, 11) is -0.0403. The van der Waals surface area contributed by atoms with Gasteiger partial charge in [-0.15, -0.1) is 10.2 Å². The van der Waals surface area contributed by atoms with Gasteiger partial charge >= 0.3 is 0 Å². The Morgan fingerprint density at radius 1 is 1.07 bits per heavy atom. The van der Waals surface area contributed by atoms with Crippen molar-refractivity contribution in [1.29, 1.82) is 0 Å². The quantitative estimate of drug-likeness (QED) is 0.756. The van der Waals surface area contributed by atoms with Gasteiger partial charge < -0.3 is 20.1 Å². The summed E-state index contributed by atoms with van der Waals surface area (Å²) in [5, 5.41) is 13.6. The molecular formula is C17H20N4O5S. The van der Waals surface area contributed by atoms with Crippen molar-refractivity contribution in [2.24, 2.45) is 0 Å². The van der Waals surface area contributed by atoms with E-state index in [-0.39, 0.29) is 28.9 Å². The number of sulfone groups is 1. The van der Waals surface area contributed by atoms with Gasteiger partial charge in [-0.05, 0) is 30.7 Å². The first-order valence-electron chi connectivity index (χ1n) is 8.25. The average Bonchev–Trinajstić information content (AvgIpc) is 3.00. The van der Waals surface area contributed by atoms with Gasteiger partial charge in [0.2, 0.25) is 0 Å². The highest BCUT2D eigenvalue weighted by molar-refractivity contribution is 7.91. The van der Waals surface area contributed by atoms with Gasteiger partial charge in [-0.2, -0.15) is 0 Å². The highest BCUT2D eigenvalue weighted by Crippen LogP contribution is 2.28. The molecule has 27 heavy (non-hydrogen) atoms. The second-order valence-electron chi connectivity index (χ2n) is 6.04. The zero-order valence-corrected chi connectivity index (χ0v) is 15.7. The van der Waals surface area contributed by atoms with Crippen molar-refractivity contribution in [2.45, 2.75) is 12.5 Å². The number of nitrogens with zero attached hydrogens (tertiary/aromatic N) is 2. The number of anilines is 2. The first kappa shape index (κ1) is 18.9. The lowest BCUT2D eigenvalue weighted by Crippen LogP contribution is -2.21. The molecule has 1 aromatic carbocycles. The van der Waals surface area contributed by atoms with Gasteiger partial charge in [-0.1, -0.05) is 6.07 Å². The molecule has 2 heterocycles. The van der Waals surface area contributed by atoms with Crippen molar-refractivity contribution < 1.29 is 22.7 Å². The number of nitrogens with one attached hydrogen (secondary N) is 2. The number of ether oxygens (including phenoxy) is 2. The van der Waals surface area contributed by atoms with E-state index in [1.165, 1.54) is 14.2 Å². The number of amides is 1. The summed E-state index contributed by atoms with van der Waals surface area (Å²) in [6, 6.07) is 8.07. The van der Waals surface area contributed by atoms with Crippen molar-refractivity contribution >= 4 is 27.4 Å². The summed E-state index contributed by atoms with van der Waals surface area (Å²) in [4.78, 5) is 12.6. The fourth-order valence-corrected chi connectivity index (χ4v) is 4.52. The lowest BCUT2D eigenvalue weighted by atomic mass is 10.1. The molecule has 0 bridgehead atoms. The van der Waals surface area contributed by atoms with E-state index in [1.54, 1.807) is 30.3 Å². The lowest BCUT2D eigenvalue weighted by molar-refractivity contribution is 0.102. The van der Waals surface area contributed by atoms with Crippen LogP contribution in [0.3, 0.4) is 0 Å². The number of carbonyl (C=O) groups is 1. The zero-order valence-electron chi connectivity index (χ0n) is 14.9. The van der Waals surface area contributed by atoms with E-state index in [1.807, 2.05) is 0 Å². The maximum absolute atomic E-state index is 12.6. The van der Waals surface area contributed by atoms with Crippen LogP contribution in [0.5, 0.6) is 11.5 Å². The molecule has 3 rings (SSSR count). The van der Waals surface area contributed by atoms with Gasteiger partial charge in [0.1, 0.15) is 22.9 Å². The number of hydrogen-bond acceptors (Lipinski definition) is 8. The van der Waals surface area contributed by atoms with Crippen LogP contribution in [0.25, 0.3) is 0 Å². The fraction of sp³-hybridized carbons (Fsp3) is 0.353. The van der Waals surface area contributed by atoms with Gasteiger partial charge in [0.05, 0.1) is 25.7 Å². The average molecular weight is 392 g/mol. The molecule has 2 aromatic rings. The Balaban J connectivity index is 1.69. The third-order valence-corrected chi connectivity index (χ3v) is 5.91. The monoisotopic (exact) mass is 392 g/mol. The standard InChI is InChI=1S/C17H20N4O5S/c1-25-12-4-3-5-13(26-2)16(12)17(22)19-15-7-6-14(20-21-15)18-11-8-9-27(23,24)10-11/h3-7,11H,8-10H2,1-2H3,(H,18,20)(H,19,21,22). The minimum atomic E-state index is -2.97. The summed E-state index contributed by atoms with van der Waals surface area (Å²) in [6.07, 6.45) is 0.538. The lowest BCUT2D eigenvalue weighted by Gasteiger charge is -2.13. The van der Waals surface area contributed by atoms with Crippen LogP contribution >= 0.6 is 0 Å². The van der Waals surface area contributed by atoms with E-state index in [2.05, 4.69) is 20.8 Å². The van der Waals surface area contributed by atoms with Gasteiger partial charge in [-0.3, -0.25) is 4.79 Å². The fourth-order valence-electron chi connectivity index (χ4n) is 2.85. The summed E-state index contributed by atoms with van der Waals surface area (Å²) < 4.78 is 33.4. The SMILES string of the molecule is COc1cccc(OC)c1C(=O)Nc1ccc(NC2CCS(=O)(=O)C2)nn1. The number of aromatic nitrogens is 2. The van der Waals surface area contributed by atoms with E-state index < -0.39 is 15.7 Å². The summed E-state index contributed by atoms with van der Waals surface area (Å²) in [5.41, 5.74) is 0.252.